The monoisotopic (exact) mass is 361 g/mol. The van der Waals surface area contributed by atoms with Gasteiger partial charge in [0.2, 0.25) is 0 Å². The Balaban J connectivity index is 1.96. The molecule has 0 unspecified atom stereocenters. The normalized spacial score (nSPS) is 21.2. The van der Waals surface area contributed by atoms with Crippen LogP contribution in [0.1, 0.15) is 37.8 Å². The van der Waals surface area contributed by atoms with E-state index in [9.17, 15) is 14.0 Å². The second-order valence-electron chi connectivity index (χ2n) is 6.53. The summed E-state index contributed by atoms with van der Waals surface area (Å²) in [7, 11) is 0. The highest BCUT2D eigenvalue weighted by Crippen LogP contribution is 2.28. The summed E-state index contributed by atoms with van der Waals surface area (Å²) in [6, 6.07) is 4.74. The smallest absolute Gasteiger partial charge is 0.338 e. The summed E-state index contributed by atoms with van der Waals surface area (Å²) in [6.07, 6.45) is 3.41. The molecule has 1 atom stereocenters. The molecular formula is C19H24FN3O3. The van der Waals surface area contributed by atoms with Crippen molar-refractivity contribution < 1.29 is 18.7 Å². The molecule has 2 aliphatic rings. The summed E-state index contributed by atoms with van der Waals surface area (Å²) >= 11 is 0. The van der Waals surface area contributed by atoms with Gasteiger partial charge in [-0.2, -0.15) is 0 Å². The van der Waals surface area contributed by atoms with Gasteiger partial charge in [-0.1, -0.05) is 18.6 Å². The standard InChI is InChI=1S/C19H24FN3O3/c1-2-26-18(24)16-15(12-23-10-4-3-5-11-23)21-19(25)22-17(16)13-6-8-14(20)9-7-13/h6-9,17H,2-5,10-12H2,1H3,(H2,21,22,25)/t17-/m1/s1. The van der Waals surface area contributed by atoms with Crippen LogP contribution in [-0.4, -0.2) is 43.1 Å². The average Bonchev–Trinajstić information content (AvgIpc) is 2.63. The van der Waals surface area contributed by atoms with Gasteiger partial charge in [0.25, 0.3) is 0 Å². The summed E-state index contributed by atoms with van der Waals surface area (Å²) in [4.78, 5) is 27.1. The van der Waals surface area contributed by atoms with E-state index in [1.165, 1.54) is 18.6 Å². The Bertz CT molecular complexity index is 696. The Kier molecular flexibility index (Phi) is 5.88. The van der Waals surface area contributed by atoms with E-state index in [1.807, 2.05) is 0 Å². The predicted molar refractivity (Wildman–Crippen MR) is 94.8 cm³/mol. The van der Waals surface area contributed by atoms with E-state index in [2.05, 4.69) is 15.5 Å². The van der Waals surface area contributed by atoms with E-state index in [0.29, 0.717) is 23.4 Å². The van der Waals surface area contributed by atoms with Crippen LogP contribution in [0.15, 0.2) is 35.5 Å². The Morgan fingerprint density at radius 2 is 1.92 bits per heavy atom. The molecular weight excluding hydrogens is 337 g/mol. The fourth-order valence-corrected chi connectivity index (χ4v) is 3.44. The molecule has 6 nitrogen and oxygen atoms in total. The third kappa shape index (κ3) is 4.22. The van der Waals surface area contributed by atoms with Gasteiger partial charge >= 0.3 is 12.0 Å². The number of nitrogens with zero attached hydrogens (tertiary/aromatic N) is 1. The largest absolute Gasteiger partial charge is 0.463 e. The van der Waals surface area contributed by atoms with Gasteiger partial charge in [0.05, 0.1) is 18.2 Å². The lowest BCUT2D eigenvalue weighted by Crippen LogP contribution is -2.49. The maximum absolute atomic E-state index is 13.3. The highest BCUT2D eigenvalue weighted by atomic mass is 19.1. The zero-order chi connectivity index (χ0) is 18.5. The van der Waals surface area contributed by atoms with E-state index < -0.39 is 12.0 Å². The summed E-state index contributed by atoms with van der Waals surface area (Å²) in [5, 5.41) is 5.54. The number of carbonyl (C=O) groups is 2. The molecule has 140 valence electrons. The molecule has 7 heteroatoms. The first-order chi connectivity index (χ1) is 12.6. The number of halogens is 1. The van der Waals surface area contributed by atoms with Crippen LogP contribution in [0.25, 0.3) is 0 Å². The predicted octanol–water partition coefficient (Wildman–Crippen LogP) is 2.48. The topological polar surface area (TPSA) is 70.7 Å². The van der Waals surface area contributed by atoms with E-state index in [0.717, 1.165) is 25.9 Å². The molecule has 26 heavy (non-hydrogen) atoms. The SMILES string of the molecule is CCOC(=O)C1=C(CN2CCCCC2)NC(=O)N[C@@H]1c1ccc(F)cc1. The fraction of sp³-hybridized carbons (Fsp3) is 0.474. The second kappa shape index (κ2) is 8.31. The van der Waals surface area contributed by atoms with Crippen LogP contribution < -0.4 is 10.6 Å². The average molecular weight is 361 g/mol. The summed E-state index contributed by atoms with van der Waals surface area (Å²) in [6.45, 7) is 4.33. The molecule has 0 saturated carbocycles. The van der Waals surface area contributed by atoms with Crippen molar-refractivity contribution in [1.82, 2.24) is 15.5 Å². The molecule has 0 radical (unpaired) electrons. The first-order valence-electron chi connectivity index (χ1n) is 9.04. The zero-order valence-electron chi connectivity index (χ0n) is 14.9. The second-order valence-corrected chi connectivity index (χ2v) is 6.53. The van der Waals surface area contributed by atoms with Crippen molar-refractivity contribution in [3.63, 3.8) is 0 Å². The van der Waals surface area contributed by atoms with E-state index in [4.69, 9.17) is 4.74 Å². The van der Waals surface area contributed by atoms with Crippen molar-refractivity contribution in [2.45, 2.75) is 32.2 Å². The minimum Gasteiger partial charge on any atom is -0.463 e. The van der Waals surface area contributed by atoms with Gasteiger partial charge in [0.1, 0.15) is 5.82 Å². The third-order valence-corrected chi connectivity index (χ3v) is 4.68. The van der Waals surface area contributed by atoms with Crippen LogP contribution in [-0.2, 0) is 9.53 Å². The molecule has 2 N–H and O–H groups in total. The molecule has 1 aromatic rings. The highest BCUT2D eigenvalue weighted by molar-refractivity contribution is 5.95. The van der Waals surface area contributed by atoms with Gasteiger partial charge in [-0.3, -0.25) is 4.90 Å². The van der Waals surface area contributed by atoms with Crippen molar-refractivity contribution in [3.05, 3.63) is 46.9 Å². The number of amides is 2. The Morgan fingerprint density at radius 1 is 1.23 bits per heavy atom. The number of hydrogen-bond donors (Lipinski definition) is 2. The first-order valence-corrected chi connectivity index (χ1v) is 9.04. The maximum Gasteiger partial charge on any atom is 0.338 e. The summed E-state index contributed by atoms with van der Waals surface area (Å²) in [5.74, 6) is -0.842. The number of likely N-dealkylation sites (tertiary alicyclic amines) is 1. The van der Waals surface area contributed by atoms with Crippen molar-refractivity contribution in [1.29, 1.82) is 0 Å². The van der Waals surface area contributed by atoms with Crippen LogP contribution >= 0.6 is 0 Å². The molecule has 0 aromatic heterocycles. The van der Waals surface area contributed by atoms with Gasteiger partial charge in [-0.25, -0.2) is 14.0 Å². The molecule has 0 bridgehead atoms. The molecule has 1 fully saturated rings. The van der Waals surface area contributed by atoms with E-state index in [-0.39, 0.29) is 18.5 Å². The van der Waals surface area contributed by atoms with Crippen LogP contribution in [0.4, 0.5) is 9.18 Å². The number of rotatable bonds is 5. The molecule has 0 aliphatic carbocycles. The zero-order valence-corrected chi connectivity index (χ0v) is 14.9. The van der Waals surface area contributed by atoms with Gasteiger partial charge < -0.3 is 15.4 Å². The third-order valence-electron chi connectivity index (χ3n) is 4.68. The maximum atomic E-state index is 13.3. The lowest BCUT2D eigenvalue weighted by molar-refractivity contribution is -0.139. The number of carbonyl (C=O) groups excluding carboxylic acids is 2. The fourth-order valence-electron chi connectivity index (χ4n) is 3.44. The van der Waals surface area contributed by atoms with Crippen LogP contribution in [0.3, 0.4) is 0 Å². The highest BCUT2D eigenvalue weighted by Gasteiger charge is 2.34. The summed E-state index contributed by atoms with van der Waals surface area (Å²) in [5.41, 5.74) is 1.58. The van der Waals surface area contributed by atoms with Crippen molar-refractivity contribution in [3.8, 4) is 0 Å². The van der Waals surface area contributed by atoms with Crippen molar-refractivity contribution in [2.24, 2.45) is 0 Å². The Morgan fingerprint density at radius 3 is 2.58 bits per heavy atom. The summed E-state index contributed by atoms with van der Waals surface area (Å²) < 4.78 is 18.5. The molecule has 1 saturated heterocycles. The van der Waals surface area contributed by atoms with Crippen LogP contribution in [0, 0.1) is 5.82 Å². The Labute approximate surface area is 152 Å². The molecule has 1 aromatic carbocycles. The lowest BCUT2D eigenvalue weighted by atomic mass is 9.94. The van der Waals surface area contributed by atoms with Crippen molar-refractivity contribution >= 4 is 12.0 Å². The molecule has 2 aliphatic heterocycles. The number of piperidine rings is 1. The van der Waals surface area contributed by atoms with Crippen LogP contribution in [0.2, 0.25) is 0 Å². The Hall–Kier alpha value is -2.41. The molecule has 2 amide bonds. The van der Waals surface area contributed by atoms with Gasteiger partial charge in [-0.15, -0.1) is 0 Å². The molecule has 2 heterocycles. The van der Waals surface area contributed by atoms with Gasteiger partial charge in [0, 0.05) is 12.2 Å². The van der Waals surface area contributed by atoms with E-state index >= 15 is 0 Å². The van der Waals surface area contributed by atoms with Gasteiger partial charge in [0.15, 0.2) is 0 Å². The van der Waals surface area contributed by atoms with Gasteiger partial charge in [-0.05, 0) is 50.6 Å². The quantitative estimate of drug-likeness (QED) is 0.791. The number of nitrogens with one attached hydrogen (secondary N) is 2. The lowest BCUT2D eigenvalue weighted by Gasteiger charge is -2.33. The van der Waals surface area contributed by atoms with E-state index in [1.54, 1.807) is 19.1 Å². The van der Waals surface area contributed by atoms with Crippen LogP contribution in [0.5, 0.6) is 0 Å². The minimum absolute atomic E-state index is 0.239. The van der Waals surface area contributed by atoms with Crippen molar-refractivity contribution in [2.75, 3.05) is 26.2 Å². The first kappa shape index (κ1) is 18.4. The number of urea groups is 1. The minimum atomic E-state index is -0.664. The number of ether oxygens (including phenoxy) is 1. The number of esters is 1. The molecule has 0 spiro atoms. The number of hydrogen-bond acceptors (Lipinski definition) is 4. The number of benzene rings is 1. The molecule has 3 rings (SSSR count).